The van der Waals surface area contributed by atoms with Gasteiger partial charge in [0, 0.05) is 59.6 Å². The minimum atomic E-state index is -4.47. The van der Waals surface area contributed by atoms with Crippen LogP contribution in [-0.4, -0.2) is 46.1 Å². The number of rotatable bonds is 8. The van der Waals surface area contributed by atoms with Crippen molar-refractivity contribution in [3.63, 3.8) is 0 Å². The van der Waals surface area contributed by atoms with E-state index in [0.717, 1.165) is 24.3 Å². The Kier molecular flexibility index (Phi) is 11.2. The molecule has 6 rings (SSSR count). The molecule has 0 aliphatic carbocycles. The summed E-state index contributed by atoms with van der Waals surface area (Å²) in [6.07, 6.45) is -9.29. The fourth-order valence-corrected chi connectivity index (χ4v) is 5.48. The van der Waals surface area contributed by atoms with Gasteiger partial charge in [-0.3, -0.25) is 9.59 Å². The third-order valence-corrected chi connectivity index (χ3v) is 8.13. The van der Waals surface area contributed by atoms with Crippen LogP contribution in [0.2, 0.25) is 0 Å². The summed E-state index contributed by atoms with van der Waals surface area (Å²) in [5.41, 5.74) is -0.267. The van der Waals surface area contributed by atoms with Crippen LogP contribution in [0, 0.1) is 22.7 Å². The van der Waals surface area contributed by atoms with Crippen molar-refractivity contribution in [2.45, 2.75) is 25.2 Å². The van der Waals surface area contributed by atoms with Gasteiger partial charge in [-0.05, 0) is 41.5 Å². The van der Waals surface area contributed by atoms with Crippen molar-refractivity contribution in [2.75, 3.05) is 24.7 Å². The summed E-state index contributed by atoms with van der Waals surface area (Å²) < 4.78 is 76.9. The molecule has 2 N–H and O–H groups in total. The van der Waals surface area contributed by atoms with Gasteiger partial charge in [-0.25, -0.2) is 0 Å². The van der Waals surface area contributed by atoms with E-state index in [2.05, 4.69) is 31.0 Å². The van der Waals surface area contributed by atoms with Crippen LogP contribution in [0.15, 0.2) is 84.9 Å². The van der Waals surface area contributed by atoms with Gasteiger partial charge in [-0.2, -0.15) is 36.9 Å². The monoisotopic (exact) mass is 740 g/mol. The maximum absolute atomic E-state index is 12.8. The van der Waals surface area contributed by atoms with Crippen molar-refractivity contribution in [3.05, 3.63) is 130 Å². The number of hydrogen-bond acceptors (Lipinski definition) is 10. The number of anilines is 2. The molecule has 0 atom stereocenters. The number of fused-ring (bicyclic) bond motifs is 2. The summed E-state index contributed by atoms with van der Waals surface area (Å²) in [6, 6.07) is 22.6. The van der Waals surface area contributed by atoms with E-state index in [0.29, 0.717) is 38.7 Å². The van der Waals surface area contributed by atoms with Crippen molar-refractivity contribution in [3.8, 4) is 12.1 Å². The molecule has 10 nitrogen and oxygen atoms in total. The highest BCUT2D eigenvalue weighted by atomic mass is 19.4. The average Bonchev–Trinajstić information content (AvgIpc) is 3.16. The minimum Gasteiger partial charge on any atom is -0.371 e. The van der Waals surface area contributed by atoms with Gasteiger partial charge < -0.3 is 10.6 Å². The molecule has 4 aromatic carbocycles. The number of nitrogens with one attached hydrogen (secondary N) is 2. The predicted molar refractivity (Wildman–Crippen MR) is 187 cm³/mol. The van der Waals surface area contributed by atoms with Crippen LogP contribution in [0.4, 0.5) is 38.0 Å². The van der Waals surface area contributed by atoms with Crippen molar-refractivity contribution in [2.24, 2.45) is 0 Å². The Labute approximate surface area is 303 Å². The summed E-state index contributed by atoms with van der Waals surface area (Å²) in [4.78, 5) is 25.1. The lowest BCUT2D eigenvalue weighted by Crippen LogP contribution is -2.08. The van der Waals surface area contributed by atoms with E-state index in [4.69, 9.17) is 5.26 Å². The number of aromatic nitrogens is 4. The molecule has 0 radical (unpaired) electrons. The lowest BCUT2D eigenvalue weighted by Gasteiger charge is -2.09. The fourth-order valence-electron chi connectivity index (χ4n) is 5.48. The second-order valence-electron chi connectivity index (χ2n) is 11.6. The number of nitrogens with zero attached hydrogens (tertiary/aromatic N) is 6. The summed E-state index contributed by atoms with van der Waals surface area (Å²) >= 11 is 0. The van der Waals surface area contributed by atoms with Gasteiger partial charge in [0.25, 0.3) is 0 Å². The molecule has 6 aromatic rings. The number of alkyl halides is 6. The van der Waals surface area contributed by atoms with Gasteiger partial charge in [0.1, 0.15) is 12.1 Å². The second-order valence-corrected chi connectivity index (χ2v) is 11.6. The zero-order chi connectivity index (χ0) is 39.2. The van der Waals surface area contributed by atoms with Gasteiger partial charge >= 0.3 is 12.4 Å². The Morgan fingerprint density at radius 2 is 1.00 bits per heavy atom. The third kappa shape index (κ3) is 8.56. The molecule has 0 amide bonds. The van der Waals surface area contributed by atoms with Crippen molar-refractivity contribution in [1.29, 1.82) is 10.5 Å². The fraction of sp³-hybridized carbons (Fsp3) is 0.158. The smallest absolute Gasteiger partial charge is 0.371 e. The van der Waals surface area contributed by atoms with E-state index >= 15 is 0 Å². The highest BCUT2D eigenvalue weighted by molar-refractivity contribution is 6.05. The highest BCUT2D eigenvalue weighted by Crippen LogP contribution is 2.32. The first-order chi connectivity index (χ1) is 25.7. The standard InChI is InChI=1S/2C19H13F3N4O/c1-24-18-14-6-5-12(9-15(14)16(10-23)25-26-18)17(27)8-11-3-2-4-13(7-11)19(20,21)22;1-24-18-15-9-12(5-6-14(15)16(10-23)25-26-18)17(27)8-11-3-2-4-13(7-11)19(20,21)22/h2*2-7,9H,8H2,1H3,(H,24,26). The lowest BCUT2D eigenvalue weighted by molar-refractivity contribution is -0.138. The van der Waals surface area contributed by atoms with E-state index in [9.17, 15) is 41.2 Å². The summed E-state index contributed by atoms with van der Waals surface area (Å²) in [5.74, 6) is 0.162. The Balaban J connectivity index is 0.000000208. The van der Waals surface area contributed by atoms with Crippen molar-refractivity contribution < 1.29 is 35.9 Å². The van der Waals surface area contributed by atoms with Gasteiger partial charge in [0.2, 0.25) is 0 Å². The highest BCUT2D eigenvalue weighted by Gasteiger charge is 2.31. The van der Waals surface area contributed by atoms with Gasteiger partial charge in [0.15, 0.2) is 34.6 Å². The number of ketones is 2. The van der Waals surface area contributed by atoms with Gasteiger partial charge in [-0.1, -0.05) is 54.6 Å². The molecule has 0 unspecified atom stereocenters. The second kappa shape index (κ2) is 15.7. The van der Waals surface area contributed by atoms with E-state index in [1.54, 1.807) is 38.4 Å². The third-order valence-electron chi connectivity index (χ3n) is 8.13. The number of carbonyl (C=O) groups is 2. The number of hydrogen-bond donors (Lipinski definition) is 2. The first-order valence-electron chi connectivity index (χ1n) is 15.8. The first-order valence-corrected chi connectivity index (χ1v) is 15.8. The molecule has 16 heteroatoms. The lowest BCUT2D eigenvalue weighted by atomic mass is 9.99. The molecular weight excluding hydrogens is 714 g/mol. The Morgan fingerprint density at radius 3 is 1.44 bits per heavy atom. The SMILES string of the molecule is CNc1nnc(C#N)c2cc(C(=O)Cc3cccc(C(F)(F)F)c3)ccc12.CNc1nnc(C#N)c2ccc(C(=O)Cc3cccc(C(F)(F)F)c3)cc12. The number of halogens is 6. The van der Waals surface area contributed by atoms with Crippen LogP contribution < -0.4 is 10.6 Å². The Bertz CT molecular complexity index is 2490. The number of benzene rings is 4. The van der Waals surface area contributed by atoms with Crippen molar-refractivity contribution >= 4 is 44.7 Å². The molecule has 0 spiro atoms. The molecule has 272 valence electrons. The largest absolute Gasteiger partial charge is 0.416 e. The van der Waals surface area contributed by atoms with E-state index in [-0.39, 0.29) is 52.5 Å². The summed E-state index contributed by atoms with van der Waals surface area (Å²) in [6.45, 7) is 0. The Morgan fingerprint density at radius 1 is 0.574 bits per heavy atom. The van der Waals surface area contributed by atoms with Crippen LogP contribution >= 0.6 is 0 Å². The van der Waals surface area contributed by atoms with Crippen LogP contribution in [-0.2, 0) is 25.2 Å². The molecular formula is C38H26F6N8O2. The van der Waals surface area contributed by atoms with E-state index in [1.807, 2.05) is 12.1 Å². The summed E-state index contributed by atoms with van der Waals surface area (Å²) in [5, 5.41) is 41.6. The summed E-state index contributed by atoms with van der Waals surface area (Å²) in [7, 11) is 3.29. The number of nitriles is 2. The van der Waals surface area contributed by atoms with Crippen LogP contribution in [0.3, 0.4) is 0 Å². The van der Waals surface area contributed by atoms with Crippen molar-refractivity contribution in [1.82, 2.24) is 20.4 Å². The Hall–Kier alpha value is -6.94. The van der Waals surface area contributed by atoms with Gasteiger partial charge in [0.05, 0.1) is 11.1 Å². The maximum atomic E-state index is 12.8. The molecule has 2 aromatic heterocycles. The van der Waals surface area contributed by atoms with E-state index in [1.165, 1.54) is 36.4 Å². The molecule has 0 aliphatic heterocycles. The van der Waals surface area contributed by atoms with Gasteiger partial charge in [-0.15, -0.1) is 20.4 Å². The molecule has 0 bridgehead atoms. The topological polar surface area (TPSA) is 157 Å². The predicted octanol–water partition coefficient (Wildman–Crippen LogP) is 7.97. The normalized spacial score (nSPS) is 11.2. The number of carbonyl (C=O) groups excluding carboxylic acids is 2. The molecule has 0 aliphatic rings. The molecule has 2 heterocycles. The first kappa shape index (κ1) is 38.3. The number of Topliss-reactive ketones (excluding diaryl/α,β-unsaturated/α-hetero) is 2. The molecule has 54 heavy (non-hydrogen) atoms. The quantitative estimate of drug-likeness (QED) is 0.116. The van der Waals surface area contributed by atoms with Crippen LogP contribution in [0.5, 0.6) is 0 Å². The zero-order valence-electron chi connectivity index (χ0n) is 28.3. The van der Waals surface area contributed by atoms with E-state index < -0.39 is 23.5 Å². The molecule has 0 saturated carbocycles. The maximum Gasteiger partial charge on any atom is 0.416 e. The zero-order valence-corrected chi connectivity index (χ0v) is 28.3. The minimum absolute atomic E-state index is 0.0673. The van der Waals surface area contributed by atoms with Crippen LogP contribution in [0.25, 0.3) is 21.5 Å². The average molecular weight is 741 g/mol. The van der Waals surface area contributed by atoms with Crippen LogP contribution in [0.1, 0.15) is 54.4 Å². The molecule has 0 saturated heterocycles. The molecule has 0 fully saturated rings.